The molecule has 2 aromatic rings. The number of carbonyl (C=O) groups excluding carboxylic acids is 1. The highest BCUT2D eigenvalue weighted by Crippen LogP contribution is 2.32. The Hall–Kier alpha value is -1.33. The van der Waals surface area contributed by atoms with E-state index < -0.39 is 15.9 Å². The molecule has 0 aromatic heterocycles. The highest BCUT2D eigenvalue weighted by Gasteiger charge is 2.34. The predicted octanol–water partition coefficient (Wildman–Crippen LogP) is 4.89. The van der Waals surface area contributed by atoms with Gasteiger partial charge in [-0.05, 0) is 36.4 Å². The number of benzene rings is 2. The van der Waals surface area contributed by atoms with Crippen LogP contribution in [0.25, 0.3) is 0 Å². The van der Waals surface area contributed by atoms with Crippen molar-refractivity contribution in [2.24, 2.45) is 0 Å². The first-order valence-electron chi connectivity index (χ1n) is 6.84. The summed E-state index contributed by atoms with van der Waals surface area (Å²) in [5.41, 5.74) is 0.966. The fourth-order valence-electron chi connectivity index (χ4n) is 1.95. The maximum atomic E-state index is 12.5. The number of hydrogen-bond donors (Lipinski definition) is 2. The highest BCUT2D eigenvalue weighted by molar-refractivity contribution is 6.68. The second kappa shape index (κ2) is 8.17. The number of halogens is 4. The molecule has 0 unspecified atom stereocenters. The van der Waals surface area contributed by atoms with Gasteiger partial charge in [-0.1, -0.05) is 58.5 Å². The third kappa shape index (κ3) is 5.08. The van der Waals surface area contributed by atoms with E-state index >= 15 is 0 Å². The van der Waals surface area contributed by atoms with Crippen molar-refractivity contribution in [1.82, 2.24) is 5.32 Å². The minimum absolute atomic E-state index is 0.331. The van der Waals surface area contributed by atoms with Gasteiger partial charge in [0.15, 0.2) is 0 Å². The number of alkyl halides is 3. The second-order valence-corrected chi connectivity index (χ2v) is 7.60. The first-order valence-corrected chi connectivity index (χ1v) is 8.35. The average Bonchev–Trinajstić information content (AvgIpc) is 2.55. The molecular weight excluding hydrogens is 394 g/mol. The molecular formula is C16H14Cl4N2O2. The van der Waals surface area contributed by atoms with Crippen molar-refractivity contribution in [3.8, 4) is 5.75 Å². The monoisotopic (exact) mass is 406 g/mol. The highest BCUT2D eigenvalue weighted by atomic mass is 35.6. The van der Waals surface area contributed by atoms with Gasteiger partial charge in [0, 0.05) is 10.7 Å². The van der Waals surface area contributed by atoms with Crippen molar-refractivity contribution in [2.75, 3.05) is 12.4 Å². The smallest absolute Gasteiger partial charge is 0.256 e. The Labute approximate surface area is 160 Å². The number of amides is 1. The summed E-state index contributed by atoms with van der Waals surface area (Å²) in [6.07, 6.45) is -0.971. The third-order valence-electron chi connectivity index (χ3n) is 3.11. The first kappa shape index (κ1) is 19.0. The standard InChI is InChI=1S/C16H14Cl4N2O2/c1-24-13-5-3-2-4-12(13)14(23)22-15(16(18,19)20)21-11-8-6-10(17)7-9-11/h2-9,15,21H,1H3,(H,22,23)/t15-/m0/s1. The minimum Gasteiger partial charge on any atom is -0.496 e. The Morgan fingerprint density at radius 3 is 2.29 bits per heavy atom. The Morgan fingerprint density at radius 2 is 1.71 bits per heavy atom. The lowest BCUT2D eigenvalue weighted by atomic mass is 10.2. The fourth-order valence-corrected chi connectivity index (χ4v) is 2.41. The molecule has 0 fully saturated rings. The van der Waals surface area contributed by atoms with Crippen molar-refractivity contribution in [2.45, 2.75) is 9.96 Å². The topological polar surface area (TPSA) is 50.4 Å². The van der Waals surface area contributed by atoms with Gasteiger partial charge in [-0.15, -0.1) is 0 Å². The summed E-state index contributed by atoms with van der Waals surface area (Å²) >= 11 is 23.8. The molecule has 4 nitrogen and oxygen atoms in total. The van der Waals surface area contributed by atoms with Gasteiger partial charge in [0.05, 0.1) is 12.7 Å². The van der Waals surface area contributed by atoms with Gasteiger partial charge < -0.3 is 15.4 Å². The Balaban J connectivity index is 2.20. The summed E-state index contributed by atoms with van der Waals surface area (Å²) < 4.78 is 3.39. The van der Waals surface area contributed by atoms with E-state index in [-0.39, 0.29) is 0 Å². The van der Waals surface area contributed by atoms with Crippen LogP contribution in [-0.4, -0.2) is 23.0 Å². The Morgan fingerprint density at radius 1 is 1.08 bits per heavy atom. The fraction of sp³-hybridized carbons (Fsp3) is 0.188. The molecule has 0 saturated carbocycles. The lowest BCUT2D eigenvalue weighted by molar-refractivity contribution is 0.0939. The van der Waals surface area contributed by atoms with Crippen LogP contribution in [-0.2, 0) is 0 Å². The molecule has 0 spiro atoms. The molecule has 0 aliphatic carbocycles. The van der Waals surface area contributed by atoms with Crippen molar-refractivity contribution in [1.29, 1.82) is 0 Å². The Kier molecular flexibility index (Phi) is 6.47. The number of anilines is 1. The van der Waals surface area contributed by atoms with Gasteiger partial charge >= 0.3 is 0 Å². The summed E-state index contributed by atoms with van der Waals surface area (Å²) in [4.78, 5) is 12.5. The van der Waals surface area contributed by atoms with Gasteiger partial charge in [-0.2, -0.15) is 0 Å². The largest absolute Gasteiger partial charge is 0.496 e. The van der Waals surface area contributed by atoms with Crippen LogP contribution in [0.3, 0.4) is 0 Å². The van der Waals surface area contributed by atoms with E-state index in [1.165, 1.54) is 7.11 Å². The van der Waals surface area contributed by atoms with Crippen molar-refractivity contribution < 1.29 is 9.53 Å². The number of rotatable bonds is 5. The molecule has 0 aliphatic heterocycles. The van der Waals surface area contributed by atoms with E-state index in [9.17, 15) is 4.79 Å². The van der Waals surface area contributed by atoms with E-state index in [4.69, 9.17) is 51.1 Å². The number of ether oxygens (including phenoxy) is 1. The van der Waals surface area contributed by atoms with Gasteiger partial charge in [-0.25, -0.2) is 0 Å². The Bertz CT molecular complexity index is 702. The zero-order chi connectivity index (χ0) is 17.7. The molecule has 128 valence electrons. The number of carbonyl (C=O) groups is 1. The van der Waals surface area contributed by atoms with E-state index in [1.54, 1.807) is 48.5 Å². The van der Waals surface area contributed by atoms with Gasteiger partial charge in [-0.3, -0.25) is 4.79 Å². The number of methoxy groups -OCH3 is 1. The van der Waals surface area contributed by atoms with Crippen LogP contribution >= 0.6 is 46.4 Å². The van der Waals surface area contributed by atoms with Crippen molar-refractivity contribution >= 4 is 58.0 Å². The molecule has 1 amide bonds. The summed E-state index contributed by atoms with van der Waals surface area (Å²) in [7, 11) is 1.48. The molecule has 24 heavy (non-hydrogen) atoms. The van der Waals surface area contributed by atoms with Gasteiger partial charge in [0.2, 0.25) is 3.79 Å². The van der Waals surface area contributed by atoms with Crippen molar-refractivity contribution in [3.63, 3.8) is 0 Å². The molecule has 0 bridgehead atoms. The molecule has 0 saturated heterocycles. The maximum Gasteiger partial charge on any atom is 0.256 e. The molecule has 1 atom stereocenters. The molecule has 0 radical (unpaired) electrons. The van der Waals surface area contributed by atoms with E-state index in [0.29, 0.717) is 22.0 Å². The zero-order valence-corrected chi connectivity index (χ0v) is 15.5. The molecule has 0 heterocycles. The van der Waals surface area contributed by atoms with Gasteiger partial charge in [0.25, 0.3) is 5.91 Å². The van der Waals surface area contributed by atoms with Crippen LogP contribution in [0.5, 0.6) is 5.75 Å². The lowest BCUT2D eigenvalue weighted by Crippen LogP contribution is -2.49. The lowest BCUT2D eigenvalue weighted by Gasteiger charge is -2.27. The molecule has 8 heteroatoms. The summed E-state index contributed by atoms with van der Waals surface area (Å²) in [5.74, 6) is -0.0187. The molecule has 2 N–H and O–H groups in total. The summed E-state index contributed by atoms with van der Waals surface area (Å²) in [5, 5.41) is 6.18. The number of para-hydroxylation sites is 1. The molecule has 2 aromatic carbocycles. The maximum absolute atomic E-state index is 12.5. The van der Waals surface area contributed by atoms with Crippen LogP contribution in [0, 0.1) is 0 Å². The summed E-state index contributed by atoms with van der Waals surface area (Å²) in [6, 6.07) is 13.5. The predicted molar refractivity (Wildman–Crippen MR) is 99.6 cm³/mol. The van der Waals surface area contributed by atoms with Crippen LogP contribution in [0.4, 0.5) is 5.69 Å². The molecule has 0 aliphatic rings. The first-order chi connectivity index (χ1) is 11.3. The SMILES string of the molecule is COc1ccccc1C(=O)N[C@H](Nc1ccc(Cl)cc1)C(Cl)(Cl)Cl. The normalized spacial score (nSPS) is 12.4. The average molecular weight is 408 g/mol. The second-order valence-electron chi connectivity index (χ2n) is 4.80. The minimum atomic E-state index is -1.78. The quantitative estimate of drug-likeness (QED) is 0.548. The van der Waals surface area contributed by atoms with Crippen LogP contribution in [0.1, 0.15) is 10.4 Å². The van der Waals surface area contributed by atoms with E-state index in [0.717, 1.165) is 0 Å². The van der Waals surface area contributed by atoms with E-state index in [2.05, 4.69) is 10.6 Å². The molecule has 2 rings (SSSR count). The van der Waals surface area contributed by atoms with Crippen LogP contribution < -0.4 is 15.4 Å². The third-order valence-corrected chi connectivity index (χ3v) is 4.02. The number of nitrogens with one attached hydrogen (secondary N) is 2. The van der Waals surface area contributed by atoms with E-state index in [1.807, 2.05) is 0 Å². The van der Waals surface area contributed by atoms with Crippen molar-refractivity contribution in [3.05, 3.63) is 59.1 Å². The van der Waals surface area contributed by atoms with Gasteiger partial charge in [0.1, 0.15) is 11.9 Å². The summed E-state index contributed by atoms with van der Waals surface area (Å²) in [6.45, 7) is 0. The van der Waals surface area contributed by atoms with Crippen LogP contribution in [0.15, 0.2) is 48.5 Å². The number of hydrogen-bond acceptors (Lipinski definition) is 3. The van der Waals surface area contributed by atoms with Crippen LogP contribution in [0.2, 0.25) is 5.02 Å². The zero-order valence-electron chi connectivity index (χ0n) is 12.5.